The number of piperidine rings is 1. The highest BCUT2D eigenvalue weighted by molar-refractivity contribution is 5.91. The van der Waals surface area contributed by atoms with E-state index in [1.807, 2.05) is 31.0 Å². The Bertz CT molecular complexity index is 514. The molecule has 1 N–H and O–H groups in total. The average molecular weight is 311 g/mol. The largest absolute Gasteiger partial charge is 0.462 e. The lowest BCUT2D eigenvalue weighted by Gasteiger charge is -2.35. The van der Waals surface area contributed by atoms with Crippen LogP contribution in [0.25, 0.3) is 6.08 Å². The number of fused-ring (bicyclic) bond motifs is 2. The van der Waals surface area contributed by atoms with Crippen LogP contribution in [0.15, 0.2) is 22.6 Å². The zero-order chi connectivity index (χ0) is 14.1. The molecule has 2 fully saturated rings. The summed E-state index contributed by atoms with van der Waals surface area (Å²) in [7, 11) is 1.91. The van der Waals surface area contributed by atoms with Crippen LogP contribution in [0.3, 0.4) is 0 Å². The van der Waals surface area contributed by atoms with Gasteiger partial charge in [-0.25, -0.2) is 0 Å². The third-order valence-electron chi connectivity index (χ3n) is 4.49. The second-order valence-corrected chi connectivity index (χ2v) is 5.99. The number of hydrogen-bond donors (Lipinski definition) is 1. The second kappa shape index (κ2) is 6.67. The summed E-state index contributed by atoms with van der Waals surface area (Å²) in [6, 6.07) is 5.35. The molecule has 1 amide bonds. The first kappa shape index (κ1) is 16.1. The number of rotatable bonds is 3. The summed E-state index contributed by atoms with van der Waals surface area (Å²) >= 11 is 0. The molecular formula is C16H23ClN2O2. The van der Waals surface area contributed by atoms with E-state index < -0.39 is 0 Å². The molecule has 2 saturated heterocycles. The average Bonchev–Trinajstić information content (AvgIpc) is 3.01. The van der Waals surface area contributed by atoms with Crippen molar-refractivity contribution in [2.45, 2.75) is 50.7 Å². The number of nitrogens with one attached hydrogen (secondary N) is 1. The molecule has 0 saturated carbocycles. The van der Waals surface area contributed by atoms with Gasteiger partial charge in [0, 0.05) is 31.2 Å². The van der Waals surface area contributed by atoms with Crippen molar-refractivity contribution in [3.63, 3.8) is 0 Å². The topological polar surface area (TPSA) is 45.5 Å². The van der Waals surface area contributed by atoms with E-state index in [1.165, 1.54) is 12.8 Å². The van der Waals surface area contributed by atoms with Gasteiger partial charge in [0.2, 0.25) is 5.91 Å². The number of halogens is 1. The van der Waals surface area contributed by atoms with Gasteiger partial charge in [0.05, 0.1) is 0 Å². The number of hydrogen-bond acceptors (Lipinski definition) is 3. The Hall–Kier alpha value is -1.26. The molecule has 1 aromatic heterocycles. The van der Waals surface area contributed by atoms with Crippen LogP contribution in [0.2, 0.25) is 0 Å². The first-order valence-electron chi connectivity index (χ1n) is 7.39. The molecule has 1 aromatic rings. The van der Waals surface area contributed by atoms with Gasteiger partial charge in [-0.3, -0.25) is 4.79 Å². The fourth-order valence-electron chi connectivity index (χ4n) is 3.34. The summed E-state index contributed by atoms with van der Waals surface area (Å²) in [5.41, 5.74) is 0. The molecule has 4 nitrogen and oxygen atoms in total. The van der Waals surface area contributed by atoms with E-state index in [-0.39, 0.29) is 18.3 Å². The van der Waals surface area contributed by atoms with Crippen LogP contribution in [0.5, 0.6) is 0 Å². The van der Waals surface area contributed by atoms with Crippen molar-refractivity contribution in [3.8, 4) is 0 Å². The summed E-state index contributed by atoms with van der Waals surface area (Å²) in [5, 5.41) is 3.60. The molecule has 2 aliphatic rings. The molecule has 0 radical (unpaired) electrons. The standard InChI is InChI=1S/C16H22N2O2.ClH/c1-11-3-6-15(20-11)7-8-16(19)18(2)14-9-12-4-5-13(10-14)17-12;/h3,6-8,12-14,17H,4-5,9-10H2,1-2H3;1H. The Kier molecular flexibility index (Phi) is 5.12. The Balaban J connectivity index is 0.00000161. The number of nitrogens with zero attached hydrogens (tertiary/aromatic N) is 1. The molecule has 2 atom stereocenters. The van der Waals surface area contributed by atoms with Crippen molar-refractivity contribution in [2.24, 2.45) is 0 Å². The molecule has 2 aliphatic heterocycles. The van der Waals surface area contributed by atoms with Crippen LogP contribution in [0.1, 0.15) is 37.2 Å². The number of aryl methyl sites for hydroxylation is 1. The van der Waals surface area contributed by atoms with E-state index in [2.05, 4.69) is 5.32 Å². The van der Waals surface area contributed by atoms with E-state index in [0.717, 1.165) is 24.4 Å². The zero-order valence-corrected chi connectivity index (χ0v) is 13.4. The quantitative estimate of drug-likeness (QED) is 0.873. The Labute approximate surface area is 132 Å². The third kappa shape index (κ3) is 3.69. The van der Waals surface area contributed by atoms with Crippen LogP contribution in [0, 0.1) is 6.92 Å². The molecule has 3 heterocycles. The summed E-state index contributed by atoms with van der Waals surface area (Å²) in [5.74, 6) is 1.65. The van der Waals surface area contributed by atoms with E-state index in [0.29, 0.717) is 18.1 Å². The van der Waals surface area contributed by atoms with E-state index in [4.69, 9.17) is 4.42 Å². The smallest absolute Gasteiger partial charge is 0.246 e. The summed E-state index contributed by atoms with van der Waals surface area (Å²) in [6.07, 6.45) is 8.03. The molecule has 2 unspecified atom stereocenters. The minimum atomic E-state index is 0. The minimum Gasteiger partial charge on any atom is -0.462 e. The van der Waals surface area contributed by atoms with Gasteiger partial charge in [-0.1, -0.05) is 0 Å². The van der Waals surface area contributed by atoms with Crippen LogP contribution in [0.4, 0.5) is 0 Å². The molecule has 0 aromatic carbocycles. The van der Waals surface area contributed by atoms with E-state index >= 15 is 0 Å². The summed E-state index contributed by atoms with van der Waals surface area (Å²) in [6.45, 7) is 1.90. The maximum atomic E-state index is 12.2. The monoisotopic (exact) mass is 310 g/mol. The maximum Gasteiger partial charge on any atom is 0.246 e. The summed E-state index contributed by atoms with van der Waals surface area (Å²) < 4.78 is 5.44. The Morgan fingerprint density at radius 1 is 1.33 bits per heavy atom. The predicted octanol–water partition coefficient (Wildman–Crippen LogP) is 2.76. The van der Waals surface area contributed by atoms with Gasteiger partial charge < -0.3 is 14.6 Å². The van der Waals surface area contributed by atoms with Gasteiger partial charge in [-0.15, -0.1) is 12.4 Å². The highest BCUT2D eigenvalue weighted by Gasteiger charge is 2.35. The van der Waals surface area contributed by atoms with Crippen LogP contribution in [-0.2, 0) is 4.79 Å². The molecule has 0 aliphatic carbocycles. The maximum absolute atomic E-state index is 12.2. The van der Waals surface area contributed by atoms with Crippen molar-refractivity contribution in [3.05, 3.63) is 29.7 Å². The molecule has 0 spiro atoms. The molecule has 3 rings (SSSR count). The van der Waals surface area contributed by atoms with Gasteiger partial charge in [0.1, 0.15) is 11.5 Å². The number of furan rings is 1. The number of likely N-dealkylation sites (N-methyl/N-ethyl adjacent to an activating group) is 1. The highest BCUT2D eigenvalue weighted by Crippen LogP contribution is 2.29. The molecule has 116 valence electrons. The fourth-order valence-corrected chi connectivity index (χ4v) is 3.34. The predicted molar refractivity (Wildman–Crippen MR) is 85.5 cm³/mol. The number of carbonyl (C=O) groups excluding carboxylic acids is 1. The van der Waals surface area contributed by atoms with Crippen LogP contribution in [-0.4, -0.2) is 36.0 Å². The van der Waals surface area contributed by atoms with Crippen LogP contribution < -0.4 is 5.32 Å². The van der Waals surface area contributed by atoms with E-state index in [9.17, 15) is 4.79 Å². The molecule has 5 heteroatoms. The zero-order valence-electron chi connectivity index (χ0n) is 12.5. The molecular weight excluding hydrogens is 288 g/mol. The summed E-state index contributed by atoms with van der Waals surface area (Å²) in [4.78, 5) is 14.1. The van der Waals surface area contributed by atoms with Crippen molar-refractivity contribution >= 4 is 24.4 Å². The van der Waals surface area contributed by atoms with Crippen molar-refractivity contribution in [1.82, 2.24) is 10.2 Å². The molecule has 21 heavy (non-hydrogen) atoms. The number of carbonyl (C=O) groups is 1. The number of amides is 1. The van der Waals surface area contributed by atoms with Crippen LogP contribution >= 0.6 is 12.4 Å². The molecule has 2 bridgehead atoms. The van der Waals surface area contributed by atoms with E-state index in [1.54, 1.807) is 12.2 Å². The van der Waals surface area contributed by atoms with Gasteiger partial charge in [0.25, 0.3) is 0 Å². The second-order valence-electron chi connectivity index (χ2n) is 5.99. The van der Waals surface area contributed by atoms with Crippen molar-refractivity contribution in [2.75, 3.05) is 7.05 Å². The lowest BCUT2D eigenvalue weighted by molar-refractivity contribution is -0.127. The van der Waals surface area contributed by atoms with Gasteiger partial charge in [-0.05, 0) is 50.8 Å². The highest BCUT2D eigenvalue weighted by atomic mass is 35.5. The SMILES string of the molecule is Cc1ccc(C=CC(=O)N(C)C2CC3CCC(C2)N3)o1.Cl. The van der Waals surface area contributed by atoms with Crippen molar-refractivity contribution in [1.29, 1.82) is 0 Å². The van der Waals surface area contributed by atoms with Crippen molar-refractivity contribution < 1.29 is 9.21 Å². The lowest BCUT2D eigenvalue weighted by Crippen LogP contribution is -2.48. The van der Waals surface area contributed by atoms with Gasteiger partial charge in [-0.2, -0.15) is 0 Å². The third-order valence-corrected chi connectivity index (χ3v) is 4.49. The first-order chi connectivity index (χ1) is 9.61. The minimum absolute atomic E-state index is 0. The lowest BCUT2D eigenvalue weighted by atomic mass is 9.98. The normalized spacial score (nSPS) is 27.6. The first-order valence-corrected chi connectivity index (χ1v) is 7.39. The Morgan fingerprint density at radius 2 is 2.00 bits per heavy atom. The van der Waals surface area contributed by atoms with Gasteiger partial charge in [0.15, 0.2) is 0 Å². The Morgan fingerprint density at radius 3 is 2.57 bits per heavy atom. The fraction of sp³-hybridized carbons (Fsp3) is 0.562. The van der Waals surface area contributed by atoms with Gasteiger partial charge >= 0.3 is 0 Å².